The van der Waals surface area contributed by atoms with E-state index in [1.54, 1.807) is 0 Å². The lowest BCUT2D eigenvalue weighted by molar-refractivity contribution is 0.0379. The smallest absolute Gasteiger partial charge is 0.0745 e. The Morgan fingerprint density at radius 1 is 1.56 bits per heavy atom. The number of rotatable bonds is 0. The van der Waals surface area contributed by atoms with Crippen LogP contribution >= 0.6 is 12.6 Å². The molecule has 0 N–H and O–H groups in total. The molecule has 0 aromatic heterocycles. The molecule has 0 bridgehead atoms. The van der Waals surface area contributed by atoms with Crippen molar-refractivity contribution in [3.05, 3.63) is 0 Å². The van der Waals surface area contributed by atoms with E-state index in [1.165, 1.54) is 0 Å². The molecule has 0 aromatic rings. The van der Waals surface area contributed by atoms with Gasteiger partial charge in [0, 0.05) is 5.25 Å². The first-order chi connectivity index (χ1) is 4.04. The maximum absolute atomic E-state index is 5.49. The lowest BCUT2D eigenvalue weighted by Crippen LogP contribution is -2.29. The van der Waals surface area contributed by atoms with Gasteiger partial charge in [0.05, 0.1) is 12.2 Å². The third-order valence-corrected chi connectivity index (χ3v) is 3.10. The van der Waals surface area contributed by atoms with Crippen LogP contribution in [-0.2, 0) is 4.74 Å². The molecular weight excluding hydrogens is 132 g/mol. The predicted octanol–water partition coefficient (Wildman–Crippen LogP) is 1.73. The monoisotopic (exact) mass is 146 g/mol. The van der Waals surface area contributed by atoms with Crippen molar-refractivity contribution in [2.24, 2.45) is 5.92 Å². The van der Waals surface area contributed by atoms with Crippen LogP contribution in [0.3, 0.4) is 0 Å². The average molecular weight is 146 g/mol. The van der Waals surface area contributed by atoms with E-state index in [2.05, 4.69) is 33.4 Å². The average Bonchev–Trinajstić information content (AvgIpc) is 1.97. The van der Waals surface area contributed by atoms with Crippen LogP contribution in [0.2, 0.25) is 0 Å². The normalized spacial score (nSPS) is 41.3. The molecule has 0 saturated carbocycles. The van der Waals surface area contributed by atoms with Crippen LogP contribution in [0.1, 0.15) is 20.8 Å². The van der Waals surface area contributed by atoms with E-state index in [-0.39, 0.29) is 5.60 Å². The largest absolute Gasteiger partial charge is 0.374 e. The highest BCUT2D eigenvalue weighted by Gasteiger charge is 2.38. The van der Waals surface area contributed by atoms with Crippen LogP contribution in [0, 0.1) is 5.92 Å². The summed E-state index contributed by atoms with van der Waals surface area (Å²) in [5.41, 5.74) is -0.0114. The Bertz CT molecular complexity index is 111. The first kappa shape index (κ1) is 7.42. The molecule has 2 atom stereocenters. The third-order valence-electron chi connectivity index (χ3n) is 1.97. The van der Waals surface area contributed by atoms with Gasteiger partial charge < -0.3 is 4.74 Å². The van der Waals surface area contributed by atoms with Crippen molar-refractivity contribution in [1.29, 1.82) is 0 Å². The Kier molecular flexibility index (Phi) is 1.79. The Labute approximate surface area is 62.2 Å². The van der Waals surface area contributed by atoms with Crippen molar-refractivity contribution < 1.29 is 4.74 Å². The van der Waals surface area contributed by atoms with Crippen molar-refractivity contribution in [2.75, 3.05) is 6.61 Å². The molecule has 54 valence electrons. The minimum Gasteiger partial charge on any atom is -0.374 e. The molecule has 0 spiro atoms. The topological polar surface area (TPSA) is 9.23 Å². The Morgan fingerprint density at radius 3 is 2.22 bits per heavy atom. The lowest BCUT2D eigenvalue weighted by Gasteiger charge is -2.22. The molecule has 0 aromatic carbocycles. The van der Waals surface area contributed by atoms with Gasteiger partial charge in [-0.15, -0.1) is 0 Å². The fourth-order valence-electron chi connectivity index (χ4n) is 1.21. The van der Waals surface area contributed by atoms with Gasteiger partial charge in [-0.2, -0.15) is 12.6 Å². The van der Waals surface area contributed by atoms with Gasteiger partial charge in [0.25, 0.3) is 0 Å². The summed E-state index contributed by atoms with van der Waals surface area (Å²) in [6, 6.07) is 0. The molecule has 1 rings (SSSR count). The zero-order valence-electron chi connectivity index (χ0n) is 6.22. The van der Waals surface area contributed by atoms with Crippen LogP contribution in [0.4, 0.5) is 0 Å². The van der Waals surface area contributed by atoms with Crippen LogP contribution in [-0.4, -0.2) is 17.5 Å². The third kappa shape index (κ3) is 1.24. The summed E-state index contributed by atoms with van der Waals surface area (Å²) in [4.78, 5) is 0. The van der Waals surface area contributed by atoms with E-state index in [1.807, 2.05) is 0 Å². The van der Waals surface area contributed by atoms with Gasteiger partial charge in [-0.3, -0.25) is 0 Å². The molecule has 0 amide bonds. The summed E-state index contributed by atoms with van der Waals surface area (Å²) in [7, 11) is 0. The summed E-state index contributed by atoms with van der Waals surface area (Å²) in [5, 5.41) is 0.400. The maximum atomic E-state index is 5.49. The summed E-state index contributed by atoms with van der Waals surface area (Å²) < 4.78 is 5.49. The Hall–Kier alpha value is 0.310. The summed E-state index contributed by atoms with van der Waals surface area (Å²) in [5.74, 6) is 0.600. The number of thiol groups is 1. The molecule has 0 unspecified atom stereocenters. The van der Waals surface area contributed by atoms with E-state index in [0.717, 1.165) is 6.61 Å². The van der Waals surface area contributed by atoms with Crippen molar-refractivity contribution in [3.8, 4) is 0 Å². The molecule has 1 aliphatic heterocycles. The molecule has 1 aliphatic rings. The van der Waals surface area contributed by atoms with Crippen molar-refractivity contribution in [2.45, 2.75) is 31.6 Å². The van der Waals surface area contributed by atoms with Gasteiger partial charge in [0.1, 0.15) is 0 Å². The van der Waals surface area contributed by atoms with E-state index in [9.17, 15) is 0 Å². The second kappa shape index (κ2) is 2.17. The molecule has 1 saturated heterocycles. The standard InChI is InChI=1S/C7H14OS/c1-5-4-8-7(2,3)6(5)9/h5-6,9H,4H2,1-3H3/t5-,6-/m1/s1. The van der Waals surface area contributed by atoms with Gasteiger partial charge in [0.2, 0.25) is 0 Å². The fourth-order valence-corrected chi connectivity index (χ4v) is 1.37. The highest BCUT2D eigenvalue weighted by Crippen LogP contribution is 2.33. The predicted molar refractivity (Wildman–Crippen MR) is 42.0 cm³/mol. The molecule has 1 heterocycles. The minimum atomic E-state index is -0.0114. The summed E-state index contributed by atoms with van der Waals surface area (Å²) >= 11 is 4.44. The maximum Gasteiger partial charge on any atom is 0.0745 e. The molecule has 9 heavy (non-hydrogen) atoms. The number of ether oxygens (including phenoxy) is 1. The second-order valence-corrected chi connectivity index (χ2v) is 3.89. The first-order valence-electron chi connectivity index (χ1n) is 3.36. The van der Waals surface area contributed by atoms with Crippen LogP contribution in [0.15, 0.2) is 0 Å². The quantitative estimate of drug-likeness (QED) is 0.512. The van der Waals surface area contributed by atoms with E-state index < -0.39 is 0 Å². The van der Waals surface area contributed by atoms with Crippen molar-refractivity contribution in [3.63, 3.8) is 0 Å². The zero-order chi connectivity index (χ0) is 7.07. The fraction of sp³-hybridized carbons (Fsp3) is 1.00. The van der Waals surface area contributed by atoms with E-state index in [0.29, 0.717) is 11.2 Å². The number of hydrogen-bond acceptors (Lipinski definition) is 2. The van der Waals surface area contributed by atoms with Gasteiger partial charge in [0.15, 0.2) is 0 Å². The molecule has 2 heteroatoms. The molecule has 1 nitrogen and oxygen atoms in total. The van der Waals surface area contributed by atoms with Gasteiger partial charge in [-0.25, -0.2) is 0 Å². The number of hydrogen-bond donors (Lipinski definition) is 1. The lowest BCUT2D eigenvalue weighted by atomic mass is 9.99. The SMILES string of the molecule is C[C@@H]1COC(C)(C)[C@@H]1S. The zero-order valence-corrected chi connectivity index (χ0v) is 7.11. The highest BCUT2D eigenvalue weighted by atomic mass is 32.1. The second-order valence-electron chi connectivity index (χ2n) is 3.34. The summed E-state index contributed by atoms with van der Waals surface area (Å²) in [6.45, 7) is 7.22. The minimum absolute atomic E-state index is 0.0114. The van der Waals surface area contributed by atoms with Gasteiger partial charge >= 0.3 is 0 Å². The van der Waals surface area contributed by atoms with E-state index >= 15 is 0 Å². The van der Waals surface area contributed by atoms with Gasteiger partial charge in [-0.1, -0.05) is 6.92 Å². The van der Waals surface area contributed by atoms with Crippen LogP contribution in [0.25, 0.3) is 0 Å². The van der Waals surface area contributed by atoms with E-state index in [4.69, 9.17) is 4.74 Å². The molecule has 0 radical (unpaired) electrons. The molecule has 0 aliphatic carbocycles. The highest BCUT2D eigenvalue weighted by molar-refractivity contribution is 7.81. The van der Waals surface area contributed by atoms with Crippen molar-refractivity contribution >= 4 is 12.6 Å². The molecule has 1 fully saturated rings. The van der Waals surface area contributed by atoms with Gasteiger partial charge in [-0.05, 0) is 19.8 Å². The Balaban J connectivity index is 2.62. The summed E-state index contributed by atoms with van der Waals surface area (Å²) in [6.07, 6.45) is 0. The van der Waals surface area contributed by atoms with Crippen LogP contribution < -0.4 is 0 Å². The van der Waals surface area contributed by atoms with Crippen molar-refractivity contribution in [1.82, 2.24) is 0 Å². The Morgan fingerprint density at radius 2 is 2.11 bits per heavy atom. The first-order valence-corrected chi connectivity index (χ1v) is 3.88. The van der Waals surface area contributed by atoms with Crippen LogP contribution in [0.5, 0.6) is 0 Å². The molecular formula is C7H14OS.